The highest BCUT2D eigenvalue weighted by Gasteiger charge is 2.19. The number of hydrogen-bond donors (Lipinski definition) is 3. The molecule has 0 radical (unpaired) electrons. The summed E-state index contributed by atoms with van der Waals surface area (Å²) in [6, 6.07) is 41.5. The van der Waals surface area contributed by atoms with Crippen molar-refractivity contribution in [3.8, 4) is 44.5 Å². The molecule has 258 valence electrons. The molecule has 7 aromatic rings. The average Bonchev–Trinajstić information content (AvgIpc) is 4.04. The number of nitrogens with one attached hydrogen (secondary N) is 2. The van der Waals surface area contributed by atoms with Crippen molar-refractivity contribution in [2.24, 2.45) is 0 Å². The van der Waals surface area contributed by atoms with Crippen LogP contribution < -0.4 is 0 Å². The summed E-state index contributed by atoms with van der Waals surface area (Å²) in [6.07, 6.45) is 7.96. The summed E-state index contributed by atoms with van der Waals surface area (Å²) in [5, 5.41) is 21.2. The third-order valence-electron chi connectivity index (χ3n) is 9.67. The molecule has 2 aliphatic heterocycles. The second-order valence-corrected chi connectivity index (χ2v) is 12.9. The molecule has 5 heterocycles. The van der Waals surface area contributed by atoms with Gasteiger partial charge in [0.25, 0.3) is 5.69 Å². The Morgan fingerprint density at radius 2 is 0.815 bits per heavy atom. The number of hydrogen-bond acceptors (Lipinski definition) is 5. The number of non-ortho nitro benzene ring substituents is 1. The average molecular weight is 704 g/mol. The van der Waals surface area contributed by atoms with E-state index in [1.165, 1.54) is 12.1 Å². The Balaban J connectivity index is 1.44. The summed E-state index contributed by atoms with van der Waals surface area (Å²) in [5.41, 5.74) is 13.2. The molecule has 0 saturated heterocycles. The van der Waals surface area contributed by atoms with Gasteiger partial charge in [-0.2, -0.15) is 0 Å². The molecule has 9 nitrogen and oxygen atoms in total. The monoisotopic (exact) mass is 703 g/mol. The van der Waals surface area contributed by atoms with Crippen LogP contribution in [0.1, 0.15) is 33.1 Å². The minimum absolute atomic E-state index is 0.00455. The van der Waals surface area contributed by atoms with E-state index in [0.29, 0.717) is 11.4 Å². The topological polar surface area (TPSA) is 138 Å². The molecular weight excluding hydrogens is 675 g/mol. The Labute approximate surface area is 308 Å². The number of aromatic carboxylic acids is 1. The summed E-state index contributed by atoms with van der Waals surface area (Å²) in [6.45, 7) is 0. The predicted molar refractivity (Wildman–Crippen MR) is 214 cm³/mol. The van der Waals surface area contributed by atoms with Crippen LogP contribution in [0.25, 0.3) is 90.9 Å². The number of carboxylic acid groups (broad SMARTS) is 1. The highest BCUT2D eigenvalue weighted by Crippen LogP contribution is 2.38. The van der Waals surface area contributed by atoms with Gasteiger partial charge in [0, 0.05) is 56.5 Å². The van der Waals surface area contributed by atoms with Crippen LogP contribution in [-0.4, -0.2) is 35.9 Å². The maximum atomic E-state index is 11.8. The highest BCUT2D eigenvalue weighted by molar-refractivity contribution is 6.00. The summed E-state index contributed by atoms with van der Waals surface area (Å²) >= 11 is 0. The number of fused-ring (bicyclic) bond motifs is 8. The fraction of sp³-hybridized carbons (Fsp3) is 0. The van der Waals surface area contributed by atoms with Crippen LogP contribution in [0.2, 0.25) is 0 Å². The second kappa shape index (κ2) is 13.2. The maximum Gasteiger partial charge on any atom is 0.335 e. The minimum Gasteiger partial charge on any atom is -0.478 e. The van der Waals surface area contributed by atoms with Crippen molar-refractivity contribution in [1.82, 2.24) is 19.9 Å². The number of carboxylic acids is 1. The molecule has 8 bridgehead atoms. The Morgan fingerprint density at radius 3 is 1.15 bits per heavy atom. The lowest BCUT2D eigenvalue weighted by molar-refractivity contribution is -0.384. The Morgan fingerprint density at radius 1 is 0.481 bits per heavy atom. The molecule has 0 saturated carbocycles. The maximum absolute atomic E-state index is 11.8. The third-order valence-corrected chi connectivity index (χ3v) is 9.67. The standard InChI is InChI=1S/C45H29N5O4/c51-45(52)31-13-11-29(12-14-31)43-37-23-19-33(46-37)41(27-7-3-1-4-8-27)35-21-25-39(48-35)44(30-15-17-32(18-16-30)50(53)54)40-26-22-36(49-40)42(28-9-5-2-6-10-28)34-20-24-38(43)47-34/h1-26,46,49H,(H,51,52). The van der Waals surface area contributed by atoms with Gasteiger partial charge in [0.1, 0.15) is 0 Å². The zero-order valence-corrected chi connectivity index (χ0v) is 28.5. The SMILES string of the molecule is O=C(O)c1ccc(-c2c3nc(c(-c4ccccc4)c4ccc([nH]4)c(-c4ccc([N+](=O)[O-])cc4)c4nc(c(-c5ccccc5)c5ccc2[nH]5)C=C4)C=C3)cc1. The van der Waals surface area contributed by atoms with Crippen LogP contribution in [0.3, 0.4) is 0 Å². The predicted octanol–water partition coefficient (Wildman–Crippen LogP) is 10.9. The number of nitro benzene ring substituents is 1. The number of aromatic amines is 2. The first kappa shape index (κ1) is 32.3. The van der Waals surface area contributed by atoms with Gasteiger partial charge in [-0.1, -0.05) is 72.8 Å². The molecule has 0 aliphatic carbocycles. The Kier molecular flexibility index (Phi) is 7.86. The minimum atomic E-state index is -0.995. The molecule has 0 unspecified atom stereocenters. The lowest BCUT2D eigenvalue weighted by atomic mass is 10.0. The first-order valence-corrected chi connectivity index (χ1v) is 17.3. The molecule has 0 fully saturated rings. The molecule has 2 aliphatic rings. The quantitative estimate of drug-likeness (QED) is 0.116. The van der Waals surface area contributed by atoms with E-state index in [-0.39, 0.29) is 11.3 Å². The van der Waals surface area contributed by atoms with Gasteiger partial charge < -0.3 is 15.1 Å². The summed E-state index contributed by atoms with van der Waals surface area (Å²) in [7, 11) is 0. The van der Waals surface area contributed by atoms with E-state index < -0.39 is 10.9 Å². The number of H-pyrrole nitrogens is 2. The molecule has 54 heavy (non-hydrogen) atoms. The summed E-state index contributed by atoms with van der Waals surface area (Å²) in [5.74, 6) is -0.995. The highest BCUT2D eigenvalue weighted by atomic mass is 16.6. The van der Waals surface area contributed by atoms with Crippen LogP contribution in [0.4, 0.5) is 5.69 Å². The van der Waals surface area contributed by atoms with E-state index in [0.717, 1.165) is 78.0 Å². The van der Waals surface area contributed by atoms with Gasteiger partial charge in [0.15, 0.2) is 0 Å². The fourth-order valence-corrected chi connectivity index (χ4v) is 7.16. The van der Waals surface area contributed by atoms with Gasteiger partial charge in [-0.05, 0) is 95.1 Å². The van der Waals surface area contributed by atoms with Gasteiger partial charge in [-0.25, -0.2) is 14.8 Å². The third kappa shape index (κ3) is 5.75. The molecular formula is C45H29N5O4. The van der Waals surface area contributed by atoms with Crippen LogP contribution in [0.5, 0.6) is 0 Å². The van der Waals surface area contributed by atoms with Crippen LogP contribution in [0, 0.1) is 10.1 Å². The van der Waals surface area contributed by atoms with Crippen molar-refractivity contribution < 1.29 is 14.8 Å². The number of aromatic nitrogens is 4. The zero-order valence-electron chi connectivity index (χ0n) is 28.5. The van der Waals surface area contributed by atoms with Gasteiger partial charge >= 0.3 is 5.97 Å². The van der Waals surface area contributed by atoms with Crippen LogP contribution in [0.15, 0.2) is 133 Å². The molecule has 9 rings (SSSR count). The van der Waals surface area contributed by atoms with E-state index >= 15 is 0 Å². The molecule has 3 aromatic heterocycles. The number of rotatable bonds is 6. The molecule has 0 atom stereocenters. The van der Waals surface area contributed by atoms with Crippen molar-refractivity contribution in [3.63, 3.8) is 0 Å². The van der Waals surface area contributed by atoms with Crippen molar-refractivity contribution in [1.29, 1.82) is 0 Å². The van der Waals surface area contributed by atoms with E-state index in [1.807, 2.05) is 121 Å². The summed E-state index contributed by atoms with van der Waals surface area (Å²) < 4.78 is 0. The molecule has 9 heteroatoms. The number of nitro groups is 1. The molecule has 0 spiro atoms. The van der Waals surface area contributed by atoms with Crippen molar-refractivity contribution in [2.75, 3.05) is 0 Å². The zero-order chi connectivity index (χ0) is 36.8. The van der Waals surface area contributed by atoms with Crippen molar-refractivity contribution >= 4 is 58.0 Å². The number of nitrogens with zero attached hydrogens (tertiary/aromatic N) is 3. The lowest BCUT2D eigenvalue weighted by Gasteiger charge is -2.07. The number of benzene rings is 4. The molecule has 0 amide bonds. The van der Waals surface area contributed by atoms with Gasteiger partial charge in [-0.3, -0.25) is 10.1 Å². The van der Waals surface area contributed by atoms with Crippen LogP contribution in [-0.2, 0) is 0 Å². The number of carbonyl (C=O) groups is 1. The lowest BCUT2D eigenvalue weighted by Crippen LogP contribution is -1.95. The van der Waals surface area contributed by atoms with E-state index in [4.69, 9.17) is 9.97 Å². The van der Waals surface area contributed by atoms with Crippen LogP contribution >= 0.6 is 0 Å². The van der Waals surface area contributed by atoms with E-state index in [2.05, 4.69) is 9.97 Å². The second-order valence-electron chi connectivity index (χ2n) is 12.9. The van der Waals surface area contributed by atoms with Gasteiger partial charge in [0.05, 0.1) is 33.3 Å². The van der Waals surface area contributed by atoms with E-state index in [9.17, 15) is 20.0 Å². The normalized spacial score (nSPS) is 11.9. The molecule has 3 N–H and O–H groups in total. The van der Waals surface area contributed by atoms with E-state index in [1.54, 1.807) is 24.3 Å². The Bertz CT molecular complexity index is 2660. The van der Waals surface area contributed by atoms with Gasteiger partial charge in [0.2, 0.25) is 0 Å². The molecule has 4 aromatic carbocycles. The van der Waals surface area contributed by atoms with Gasteiger partial charge in [-0.15, -0.1) is 0 Å². The largest absolute Gasteiger partial charge is 0.478 e. The van der Waals surface area contributed by atoms with Crippen molar-refractivity contribution in [3.05, 3.63) is 172 Å². The summed E-state index contributed by atoms with van der Waals surface area (Å²) in [4.78, 5) is 40.8. The first-order chi connectivity index (χ1) is 26.4. The fourth-order valence-electron chi connectivity index (χ4n) is 7.16. The first-order valence-electron chi connectivity index (χ1n) is 17.3. The Hall–Kier alpha value is -7.65. The smallest absolute Gasteiger partial charge is 0.335 e. The van der Waals surface area contributed by atoms with Crippen molar-refractivity contribution in [2.45, 2.75) is 0 Å².